The molecular weight excluding hydrogens is 346 g/mol. The van der Waals surface area contributed by atoms with Crippen LogP contribution in [0.4, 0.5) is 11.4 Å². The maximum atomic E-state index is 12.4. The summed E-state index contributed by atoms with van der Waals surface area (Å²) in [6, 6.07) is 8.28. The highest BCUT2D eigenvalue weighted by atomic mass is 32.2. The summed E-state index contributed by atoms with van der Waals surface area (Å²) in [4.78, 5) is 18.1. The molecule has 25 heavy (non-hydrogen) atoms. The summed E-state index contributed by atoms with van der Waals surface area (Å²) in [6.45, 7) is 1.81. The van der Waals surface area contributed by atoms with Crippen molar-refractivity contribution in [3.63, 3.8) is 0 Å². The van der Waals surface area contributed by atoms with Crippen LogP contribution in [0, 0.1) is 17.0 Å². The second-order valence-electron chi connectivity index (χ2n) is 5.08. The van der Waals surface area contributed by atoms with Crippen molar-refractivity contribution in [3.8, 4) is 5.82 Å². The van der Waals surface area contributed by atoms with E-state index in [1.54, 1.807) is 23.0 Å². The highest BCUT2D eigenvalue weighted by Gasteiger charge is 2.25. The van der Waals surface area contributed by atoms with Gasteiger partial charge >= 0.3 is 0 Å². The highest BCUT2D eigenvalue weighted by molar-refractivity contribution is 7.92. The van der Waals surface area contributed by atoms with Gasteiger partial charge in [0.1, 0.15) is 11.6 Å². The Kier molecular flexibility index (Phi) is 4.19. The van der Waals surface area contributed by atoms with Crippen LogP contribution >= 0.6 is 0 Å². The van der Waals surface area contributed by atoms with E-state index in [-0.39, 0.29) is 5.69 Å². The Bertz CT molecular complexity index is 1030. The minimum Gasteiger partial charge on any atom is -0.288 e. The quantitative estimate of drug-likeness (QED) is 0.551. The number of benzene rings is 1. The first-order valence-corrected chi connectivity index (χ1v) is 8.59. The monoisotopic (exact) mass is 359 g/mol. The molecule has 0 saturated heterocycles. The first-order valence-electron chi connectivity index (χ1n) is 7.11. The van der Waals surface area contributed by atoms with Crippen molar-refractivity contribution in [2.75, 3.05) is 4.72 Å². The van der Waals surface area contributed by atoms with Crippen molar-refractivity contribution in [1.29, 1.82) is 0 Å². The Balaban J connectivity index is 1.90. The summed E-state index contributed by atoms with van der Waals surface area (Å²) in [5.74, 6) is 1.31. The Hall–Kier alpha value is -3.27. The van der Waals surface area contributed by atoms with Crippen molar-refractivity contribution in [1.82, 2.24) is 14.5 Å². The third-order valence-corrected chi connectivity index (χ3v) is 4.85. The van der Waals surface area contributed by atoms with E-state index in [1.807, 2.05) is 6.92 Å². The number of nitrogens with zero attached hydrogens (tertiary/aromatic N) is 4. The Morgan fingerprint density at radius 2 is 1.92 bits per heavy atom. The Morgan fingerprint density at radius 3 is 2.52 bits per heavy atom. The normalized spacial score (nSPS) is 11.2. The van der Waals surface area contributed by atoms with Crippen LogP contribution in [0.25, 0.3) is 5.82 Å². The molecular formula is C15H13N5O4S. The lowest BCUT2D eigenvalue weighted by molar-refractivity contribution is -0.387. The predicted octanol–water partition coefficient (Wildman–Crippen LogP) is 2.28. The zero-order chi connectivity index (χ0) is 18.0. The number of imidazole rings is 1. The molecule has 0 radical (unpaired) electrons. The van der Waals surface area contributed by atoms with E-state index in [0.29, 0.717) is 5.82 Å². The first-order chi connectivity index (χ1) is 11.9. The third kappa shape index (κ3) is 3.33. The number of hydrogen-bond donors (Lipinski definition) is 1. The molecule has 0 saturated carbocycles. The van der Waals surface area contributed by atoms with Crippen molar-refractivity contribution in [2.24, 2.45) is 0 Å². The van der Waals surface area contributed by atoms with Gasteiger partial charge in [0.05, 0.1) is 16.8 Å². The molecule has 1 aromatic carbocycles. The topological polar surface area (TPSA) is 120 Å². The van der Waals surface area contributed by atoms with Crippen LogP contribution in [-0.2, 0) is 10.0 Å². The average Bonchev–Trinajstić information content (AvgIpc) is 3.01. The number of para-hydroxylation sites is 1. The number of rotatable bonds is 5. The molecule has 0 amide bonds. The maximum Gasteiger partial charge on any atom is 0.289 e. The van der Waals surface area contributed by atoms with E-state index in [2.05, 4.69) is 14.7 Å². The summed E-state index contributed by atoms with van der Waals surface area (Å²) < 4.78 is 28.9. The van der Waals surface area contributed by atoms with Crippen LogP contribution in [0.5, 0.6) is 0 Å². The van der Waals surface area contributed by atoms with E-state index in [4.69, 9.17) is 0 Å². The molecule has 0 aliphatic heterocycles. The van der Waals surface area contributed by atoms with Crippen LogP contribution < -0.4 is 4.72 Å². The van der Waals surface area contributed by atoms with Gasteiger partial charge in [-0.05, 0) is 25.1 Å². The summed E-state index contributed by atoms with van der Waals surface area (Å²) >= 11 is 0. The van der Waals surface area contributed by atoms with Crippen molar-refractivity contribution < 1.29 is 13.3 Å². The minimum absolute atomic E-state index is 0.194. The van der Waals surface area contributed by atoms with E-state index in [9.17, 15) is 18.5 Å². The number of aromatic nitrogens is 3. The van der Waals surface area contributed by atoms with Gasteiger partial charge in [0.15, 0.2) is 4.90 Å². The second-order valence-corrected chi connectivity index (χ2v) is 6.73. The van der Waals surface area contributed by atoms with Gasteiger partial charge in [0.25, 0.3) is 15.7 Å². The number of aryl methyl sites for hydroxylation is 1. The first kappa shape index (κ1) is 16.6. The fourth-order valence-corrected chi connectivity index (χ4v) is 3.47. The minimum atomic E-state index is -4.11. The number of pyridine rings is 1. The third-order valence-electron chi connectivity index (χ3n) is 3.42. The molecule has 0 aliphatic carbocycles. The molecule has 128 valence electrons. The van der Waals surface area contributed by atoms with Gasteiger partial charge < -0.3 is 0 Å². The zero-order valence-corrected chi connectivity index (χ0v) is 13.8. The predicted molar refractivity (Wildman–Crippen MR) is 90.0 cm³/mol. The lowest BCUT2D eigenvalue weighted by Crippen LogP contribution is -2.15. The molecule has 0 bridgehead atoms. The number of hydrogen-bond acceptors (Lipinski definition) is 6. The molecule has 1 N–H and O–H groups in total. The molecule has 3 aromatic rings. The Morgan fingerprint density at radius 1 is 1.16 bits per heavy atom. The van der Waals surface area contributed by atoms with E-state index >= 15 is 0 Å². The van der Waals surface area contributed by atoms with E-state index < -0.39 is 25.5 Å². The van der Waals surface area contributed by atoms with Crippen LogP contribution in [-0.4, -0.2) is 27.9 Å². The molecule has 2 aromatic heterocycles. The largest absolute Gasteiger partial charge is 0.289 e. The summed E-state index contributed by atoms with van der Waals surface area (Å²) in [5, 5.41) is 11.0. The summed E-state index contributed by atoms with van der Waals surface area (Å²) in [6.07, 6.45) is 4.69. The lowest BCUT2D eigenvalue weighted by atomic mass is 10.3. The van der Waals surface area contributed by atoms with Crippen molar-refractivity contribution >= 4 is 21.4 Å². The average molecular weight is 359 g/mol. The molecule has 0 aliphatic rings. The zero-order valence-electron chi connectivity index (χ0n) is 13.0. The SMILES string of the molecule is Cc1nccn1-c1ccc(NS(=O)(=O)c2ccccc2[N+](=O)[O-])cn1. The number of nitrogens with one attached hydrogen (secondary N) is 1. The van der Waals surface area contributed by atoms with Gasteiger partial charge in [-0.2, -0.15) is 0 Å². The maximum absolute atomic E-state index is 12.4. The number of nitro benzene ring substituents is 1. The second kappa shape index (κ2) is 6.32. The fourth-order valence-electron chi connectivity index (χ4n) is 2.25. The van der Waals surface area contributed by atoms with Crippen LogP contribution in [0.1, 0.15) is 5.82 Å². The Labute approximate surface area is 143 Å². The molecule has 0 fully saturated rings. The smallest absolute Gasteiger partial charge is 0.288 e. The van der Waals surface area contributed by atoms with Gasteiger partial charge in [-0.3, -0.25) is 19.4 Å². The van der Waals surface area contributed by atoms with Gasteiger partial charge in [0, 0.05) is 18.5 Å². The summed E-state index contributed by atoms with van der Waals surface area (Å²) in [5.41, 5.74) is -0.298. The number of sulfonamides is 1. The van der Waals surface area contributed by atoms with Crippen LogP contribution in [0.2, 0.25) is 0 Å². The molecule has 0 spiro atoms. The van der Waals surface area contributed by atoms with Crippen molar-refractivity contribution in [2.45, 2.75) is 11.8 Å². The standard InChI is InChI=1S/C15H13N5O4S/c1-11-16-8-9-19(11)15-7-6-12(10-17-15)18-25(23,24)14-5-3-2-4-13(14)20(21)22/h2-10,18H,1H3. The molecule has 2 heterocycles. The fraction of sp³-hybridized carbons (Fsp3) is 0.0667. The van der Waals surface area contributed by atoms with Crippen molar-refractivity contribution in [3.05, 3.63) is 70.9 Å². The van der Waals surface area contributed by atoms with Gasteiger partial charge in [-0.1, -0.05) is 12.1 Å². The van der Waals surface area contributed by atoms with E-state index in [0.717, 1.165) is 11.9 Å². The number of nitro groups is 1. The molecule has 10 heteroatoms. The number of anilines is 1. The lowest BCUT2D eigenvalue weighted by Gasteiger charge is -2.09. The molecule has 3 rings (SSSR count). The van der Waals surface area contributed by atoms with Gasteiger partial charge in [-0.25, -0.2) is 18.4 Å². The van der Waals surface area contributed by atoms with Gasteiger partial charge in [0.2, 0.25) is 0 Å². The molecule has 0 unspecified atom stereocenters. The van der Waals surface area contributed by atoms with Crippen LogP contribution in [0.3, 0.4) is 0 Å². The van der Waals surface area contributed by atoms with E-state index in [1.165, 1.54) is 30.5 Å². The van der Waals surface area contributed by atoms with Crippen LogP contribution in [0.15, 0.2) is 59.9 Å². The molecule has 0 atom stereocenters. The highest BCUT2D eigenvalue weighted by Crippen LogP contribution is 2.25. The van der Waals surface area contributed by atoms with Gasteiger partial charge in [-0.15, -0.1) is 0 Å². The summed E-state index contributed by atoms with van der Waals surface area (Å²) in [7, 11) is -4.11. The molecule has 9 nitrogen and oxygen atoms in total.